The summed E-state index contributed by atoms with van der Waals surface area (Å²) in [6.45, 7) is 11.4. The van der Waals surface area contributed by atoms with Crippen LogP contribution in [0.2, 0.25) is 0 Å². The van der Waals surface area contributed by atoms with Crippen LogP contribution in [0.4, 0.5) is 0 Å². The molecule has 0 radical (unpaired) electrons. The summed E-state index contributed by atoms with van der Waals surface area (Å²) in [6.07, 6.45) is 4.18. The van der Waals surface area contributed by atoms with Crippen molar-refractivity contribution in [3.05, 3.63) is 16.1 Å². The van der Waals surface area contributed by atoms with Crippen LogP contribution >= 0.6 is 11.3 Å². The highest BCUT2D eigenvalue weighted by Gasteiger charge is 2.51. The van der Waals surface area contributed by atoms with Gasteiger partial charge < -0.3 is 9.64 Å². The average molecular weight is 321 g/mol. The van der Waals surface area contributed by atoms with E-state index in [1.165, 1.54) is 62.6 Å². The van der Waals surface area contributed by atoms with Crippen molar-refractivity contribution in [3.8, 4) is 0 Å². The van der Waals surface area contributed by atoms with Crippen LogP contribution in [0.5, 0.6) is 0 Å². The zero-order valence-corrected chi connectivity index (χ0v) is 14.4. The Morgan fingerprint density at radius 3 is 2.95 bits per heavy atom. The first-order valence-electron chi connectivity index (χ1n) is 8.67. The molecule has 3 aliphatic heterocycles. The van der Waals surface area contributed by atoms with Crippen LogP contribution in [0.25, 0.3) is 0 Å². The molecule has 5 heteroatoms. The molecule has 0 amide bonds. The summed E-state index contributed by atoms with van der Waals surface area (Å²) in [4.78, 5) is 11.2. The zero-order chi connectivity index (χ0) is 15.0. The molecule has 22 heavy (non-hydrogen) atoms. The predicted molar refractivity (Wildman–Crippen MR) is 89.2 cm³/mol. The quantitative estimate of drug-likeness (QED) is 0.851. The number of piperidine rings is 1. The molecule has 3 fully saturated rings. The fourth-order valence-electron chi connectivity index (χ4n) is 4.53. The lowest BCUT2D eigenvalue weighted by Crippen LogP contribution is -2.45. The molecule has 3 saturated heterocycles. The van der Waals surface area contributed by atoms with Crippen molar-refractivity contribution in [3.63, 3.8) is 0 Å². The van der Waals surface area contributed by atoms with Crippen molar-refractivity contribution in [2.45, 2.75) is 32.7 Å². The molecule has 0 N–H and O–H groups in total. The van der Waals surface area contributed by atoms with E-state index >= 15 is 0 Å². The highest BCUT2D eigenvalue weighted by atomic mass is 32.1. The van der Waals surface area contributed by atoms with E-state index in [9.17, 15) is 0 Å². The summed E-state index contributed by atoms with van der Waals surface area (Å²) in [5.74, 6) is 0.725. The second-order valence-electron chi connectivity index (χ2n) is 7.44. The maximum absolute atomic E-state index is 5.90. The second kappa shape index (κ2) is 6.19. The molecule has 3 aliphatic rings. The summed E-state index contributed by atoms with van der Waals surface area (Å²) in [5, 5.41) is 0. The number of likely N-dealkylation sites (tertiary alicyclic amines) is 2. The van der Waals surface area contributed by atoms with Crippen molar-refractivity contribution >= 4 is 11.3 Å². The third kappa shape index (κ3) is 2.84. The first-order valence-corrected chi connectivity index (χ1v) is 9.55. The van der Waals surface area contributed by atoms with E-state index in [4.69, 9.17) is 4.74 Å². The van der Waals surface area contributed by atoms with E-state index in [1.54, 1.807) is 11.3 Å². The molecule has 4 nitrogen and oxygen atoms in total. The highest BCUT2D eigenvalue weighted by Crippen LogP contribution is 2.43. The van der Waals surface area contributed by atoms with E-state index < -0.39 is 0 Å². The van der Waals surface area contributed by atoms with E-state index in [1.807, 2.05) is 5.51 Å². The molecule has 0 saturated carbocycles. The number of nitrogens with zero attached hydrogens (tertiary/aromatic N) is 3. The fraction of sp³-hybridized carbons (Fsp3) is 0.824. The van der Waals surface area contributed by atoms with Gasteiger partial charge in [-0.3, -0.25) is 4.90 Å². The standard InChI is InChI=1S/C17H27N3OS/c1-14-16(22-13-18-14)8-20-7-15-9-21-12-17(15,11-20)10-19-5-3-2-4-6-19/h13,15H,2-12H2,1H3/t15-,17+/m1/s1. The number of ether oxygens (including phenoxy) is 1. The predicted octanol–water partition coefficient (Wildman–Crippen LogP) is 2.39. The van der Waals surface area contributed by atoms with Crippen LogP contribution < -0.4 is 0 Å². The fourth-order valence-corrected chi connectivity index (χ4v) is 5.35. The summed E-state index contributed by atoms with van der Waals surface area (Å²) in [5.41, 5.74) is 3.58. The SMILES string of the molecule is Cc1ncsc1CN1C[C@@H]2COC[C@]2(CN2CCCCC2)C1. The van der Waals surface area contributed by atoms with Gasteiger partial charge in [0.1, 0.15) is 0 Å². The molecule has 1 aromatic heterocycles. The van der Waals surface area contributed by atoms with Gasteiger partial charge in [0.05, 0.1) is 24.4 Å². The van der Waals surface area contributed by atoms with Crippen molar-refractivity contribution in [1.82, 2.24) is 14.8 Å². The lowest BCUT2D eigenvalue weighted by molar-refractivity contribution is 0.0866. The second-order valence-corrected chi connectivity index (χ2v) is 8.38. The molecule has 122 valence electrons. The van der Waals surface area contributed by atoms with Crippen LogP contribution in [-0.2, 0) is 11.3 Å². The van der Waals surface area contributed by atoms with Gasteiger partial charge >= 0.3 is 0 Å². The van der Waals surface area contributed by atoms with Gasteiger partial charge in [-0.25, -0.2) is 4.98 Å². The molecule has 0 aliphatic carbocycles. The van der Waals surface area contributed by atoms with Crippen LogP contribution in [0.1, 0.15) is 29.8 Å². The van der Waals surface area contributed by atoms with E-state index in [-0.39, 0.29) is 0 Å². The molecule has 0 bridgehead atoms. The number of rotatable bonds is 4. The number of thiazole rings is 1. The first kappa shape index (κ1) is 15.1. The zero-order valence-electron chi connectivity index (χ0n) is 13.6. The smallest absolute Gasteiger partial charge is 0.0798 e. The lowest BCUT2D eigenvalue weighted by Gasteiger charge is -2.36. The van der Waals surface area contributed by atoms with Crippen molar-refractivity contribution in [2.24, 2.45) is 11.3 Å². The largest absolute Gasteiger partial charge is 0.380 e. The molecular formula is C17H27N3OS. The minimum Gasteiger partial charge on any atom is -0.380 e. The van der Waals surface area contributed by atoms with Crippen molar-refractivity contribution < 1.29 is 4.74 Å². The number of fused-ring (bicyclic) bond motifs is 1. The molecule has 1 aromatic rings. The number of aromatic nitrogens is 1. The van der Waals surface area contributed by atoms with Crippen molar-refractivity contribution in [2.75, 3.05) is 45.9 Å². The molecule has 0 unspecified atom stereocenters. The van der Waals surface area contributed by atoms with Crippen LogP contribution in [-0.4, -0.2) is 60.7 Å². The monoisotopic (exact) mass is 321 g/mol. The number of hydrogen-bond acceptors (Lipinski definition) is 5. The highest BCUT2D eigenvalue weighted by molar-refractivity contribution is 7.09. The van der Waals surface area contributed by atoms with Gasteiger partial charge in [0, 0.05) is 42.4 Å². The summed E-state index contributed by atoms with van der Waals surface area (Å²) in [6, 6.07) is 0. The minimum absolute atomic E-state index is 0.385. The third-order valence-electron chi connectivity index (χ3n) is 5.79. The van der Waals surface area contributed by atoms with E-state index in [0.29, 0.717) is 5.41 Å². The van der Waals surface area contributed by atoms with Crippen LogP contribution in [0.15, 0.2) is 5.51 Å². The third-order valence-corrected chi connectivity index (χ3v) is 6.71. The molecular weight excluding hydrogens is 294 g/mol. The van der Waals surface area contributed by atoms with Gasteiger partial charge in [0.25, 0.3) is 0 Å². The summed E-state index contributed by atoms with van der Waals surface area (Å²) in [7, 11) is 0. The summed E-state index contributed by atoms with van der Waals surface area (Å²) < 4.78 is 5.90. The maximum Gasteiger partial charge on any atom is 0.0798 e. The Kier molecular flexibility index (Phi) is 4.24. The molecule has 0 spiro atoms. The molecule has 2 atom stereocenters. The maximum atomic E-state index is 5.90. The van der Waals surface area contributed by atoms with Gasteiger partial charge in [-0.2, -0.15) is 0 Å². The Morgan fingerprint density at radius 2 is 2.18 bits per heavy atom. The number of aryl methyl sites for hydroxylation is 1. The Morgan fingerprint density at radius 1 is 1.32 bits per heavy atom. The van der Waals surface area contributed by atoms with Crippen LogP contribution in [0, 0.1) is 18.3 Å². The molecule has 4 heterocycles. The molecule has 4 rings (SSSR count). The Balaban J connectivity index is 1.43. The van der Waals surface area contributed by atoms with Gasteiger partial charge in [-0.15, -0.1) is 11.3 Å². The van der Waals surface area contributed by atoms with Gasteiger partial charge in [-0.1, -0.05) is 6.42 Å². The normalized spacial score (nSPS) is 33.4. The Bertz CT molecular complexity index is 514. The van der Waals surface area contributed by atoms with E-state index in [2.05, 4.69) is 21.7 Å². The number of hydrogen-bond donors (Lipinski definition) is 0. The van der Waals surface area contributed by atoms with Crippen LogP contribution in [0.3, 0.4) is 0 Å². The first-order chi connectivity index (χ1) is 10.8. The van der Waals surface area contributed by atoms with Gasteiger partial charge in [0.15, 0.2) is 0 Å². The van der Waals surface area contributed by atoms with Gasteiger partial charge in [-0.05, 0) is 32.9 Å². The Hall–Kier alpha value is -0.490. The summed E-state index contributed by atoms with van der Waals surface area (Å²) >= 11 is 1.80. The van der Waals surface area contributed by atoms with Gasteiger partial charge in [0.2, 0.25) is 0 Å². The topological polar surface area (TPSA) is 28.6 Å². The minimum atomic E-state index is 0.385. The average Bonchev–Trinajstić information content (AvgIpc) is 3.15. The lowest BCUT2D eigenvalue weighted by atomic mass is 9.80. The van der Waals surface area contributed by atoms with E-state index in [0.717, 1.165) is 25.7 Å². The Labute approximate surface area is 137 Å². The molecule has 0 aromatic carbocycles. The van der Waals surface area contributed by atoms with Crippen molar-refractivity contribution in [1.29, 1.82) is 0 Å².